The van der Waals surface area contributed by atoms with Crippen LogP contribution in [0.4, 0.5) is 5.69 Å². The van der Waals surface area contributed by atoms with Crippen LogP contribution in [0.5, 0.6) is 5.75 Å². The summed E-state index contributed by atoms with van der Waals surface area (Å²) in [6, 6.07) is 7.21. The molecule has 0 bridgehead atoms. The molecule has 1 aliphatic heterocycles. The molecular formula is C19H32N2O. The van der Waals surface area contributed by atoms with Crippen LogP contribution in [0.15, 0.2) is 18.2 Å². The van der Waals surface area contributed by atoms with E-state index >= 15 is 0 Å². The fourth-order valence-electron chi connectivity index (χ4n) is 3.14. The molecule has 1 aliphatic rings. The van der Waals surface area contributed by atoms with E-state index in [4.69, 9.17) is 4.74 Å². The van der Waals surface area contributed by atoms with Crippen molar-refractivity contribution in [3.05, 3.63) is 23.8 Å². The minimum absolute atomic E-state index is 0.307. The second-order valence-corrected chi connectivity index (χ2v) is 6.39. The first-order chi connectivity index (χ1) is 10.7. The molecule has 0 saturated heterocycles. The molecule has 0 aliphatic carbocycles. The molecule has 2 atom stereocenters. The Hall–Kier alpha value is -1.22. The van der Waals surface area contributed by atoms with Crippen LogP contribution in [-0.2, 0) is 6.42 Å². The van der Waals surface area contributed by atoms with Crippen molar-refractivity contribution in [3.8, 4) is 5.75 Å². The highest BCUT2D eigenvalue weighted by Crippen LogP contribution is 2.31. The molecule has 1 heterocycles. The maximum Gasteiger partial charge on any atom is 0.142 e. The van der Waals surface area contributed by atoms with Crippen LogP contribution in [0.2, 0.25) is 0 Å². The Bertz CT molecular complexity index is 461. The zero-order chi connectivity index (χ0) is 15.9. The average Bonchev–Trinajstić information content (AvgIpc) is 2.55. The number of nitrogens with one attached hydrogen (secondary N) is 1. The molecule has 0 fully saturated rings. The number of hydrogen-bond donors (Lipinski definition) is 1. The lowest BCUT2D eigenvalue weighted by atomic mass is 10.0. The quantitative estimate of drug-likeness (QED) is 0.774. The molecule has 0 radical (unpaired) electrons. The summed E-state index contributed by atoms with van der Waals surface area (Å²) < 4.78 is 5.99. The van der Waals surface area contributed by atoms with Gasteiger partial charge in [0.25, 0.3) is 0 Å². The van der Waals surface area contributed by atoms with E-state index in [9.17, 15) is 0 Å². The van der Waals surface area contributed by atoms with Crippen molar-refractivity contribution in [3.63, 3.8) is 0 Å². The summed E-state index contributed by atoms with van der Waals surface area (Å²) in [5.41, 5.74) is 2.55. The van der Waals surface area contributed by atoms with Crippen LogP contribution in [0.25, 0.3) is 0 Å². The van der Waals surface area contributed by atoms with E-state index in [0.29, 0.717) is 12.1 Å². The van der Waals surface area contributed by atoms with E-state index in [0.717, 1.165) is 37.4 Å². The summed E-state index contributed by atoms with van der Waals surface area (Å²) >= 11 is 0. The van der Waals surface area contributed by atoms with Crippen LogP contribution in [0, 0.1) is 0 Å². The van der Waals surface area contributed by atoms with E-state index in [1.165, 1.54) is 24.9 Å². The van der Waals surface area contributed by atoms with Crippen molar-refractivity contribution < 1.29 is 4.74 Å². The van der Waals surface area contributed by atoms with Gasteiger partial charge in [0.2, 0.25) is 0 Å². The van der Waals surface area contributed by atoms with Gasteiger partial charge in [0.15, 0.2) is 0 Å². The van der Waals surface area contributed by atoms with Gasteiger partial charge >= 0.3 is 0 Å². The van der Waals surface area contributed by atoms with Gasteiger partial charge in [0, 0.05) is 6.04 Å². The molecule has 0 saturated carbocycles. The first-order valence-corrected chi connectivity index (χ1v) is 8.95. The molecule has 0 spiro atoms. The van der Waals surface area contributed by atoms with Crippen LogP contribution < -0.4 is 10.1 Å². The predicted molar refractivity (Wildman–Crippen MR) is 95.0 cm³/mol. The lowest BCUT2D eigenvalue weighted by molar-refractivity contribution is 0.201. The molecular weight excluding hydrogens is 272 g/mol. The van der Waals surface area contributed by atoms with Crippen LogP contribution in [0.1, 0.15) is 52.5 Å². The molecule has 124 valence electrons. The summed E-state index contributed by atoms with van der Waals surface area (Å²) in [5, 5.41) is 3.52. The van der Waals surface area contributed by atoms with E-state index in [1.54, 1.807) is 0 Å². The van der Waals surface area contributed by atoms with Crippen molar-refractivity contribution in [1.82, 2.24) is 4.90 Å². The summed E-state index contributed by atoms with van der Waals surface area (Å²) in [4.78, 5) is 2.58. The summed E-state index contributed by atoms with van der Waals surface area (Å²) in [7, 11) is 0. The number of rotatable bonds is 8. The highest BCUT2D eigenvalue weighted by atomic mass is 16.5. The first kappa shape index (κ1) is 17.1. The fraction of sp³-hybridized carbons (Fsp3) is 0.684. The lowest BCUT2D eigenvalue weighted by Crippen LogP contribution is -2.35. The van der Waals surface area contributed by atoms with Crippen LogP contribution in [-0.4, -0.2) is 36.7 Å². The van der Waals surface area contributed by atoms with Gasteiger partial charge in [-0.25, -0.2) is 0 Å². The second kappa shape index (κ2) is 8.42. The van der Waals surface area contributed by atoms with Crippen molar-refractivity contribution >= 4 is 5.69 Å². The summed E-state index contributed by atoms with van der Waals surface area (Å²) in [6.07, 6.45) is 5.01. The average molecular weight is 304 g/mol. The Morgan fingerprint density at radius 1 is 1.32 bits per heavy atom. The third-order valence-electron chi connectivity index (χ3n) is 4.67. The van der Waals surface area contributed by atoms with Gasteiger partial charge in [-0.2, -0.15) is 0 Å². The number of likely N-dealkylation sites (N-methyl/N-ethyl adjacent to an activating group) is 1. The molecule has 2 rings (SSSR count). The Morgan fingerprint density at radius 3 is 2.82 bits per heavy atom. The highest BCUT2D eigenvalue weighted by Gasteiger charge is 2.19. The number of hydrogen-bond acceptors (Lipinski definition) is 3. The van der Waals surface area contributed by atoms with Gasteiger partial charge in [0.1, 0.15) is 11.9 Å². The van der Waals surface area contributed by atoms with E-state index in [1.807, 2.05) is 0 Å². The maximum atomic E-state index is 5.99. The van der Waals surface area contributed by atoms with Gasteiger partial charge in [-0.05, 0) is 57.0 Å². The maximum absolute atomic E-state index is 5.99. The standard InChI is InChI=1S/C19H32N2O/c1-5-8-11-21(7-3)15(4)12-16-9-10-19-18(13-16)20-14-17(6-2)22-19/h9-10,13,15,17,20H,5-8,11-12,14H2,1-4H3. The molecule has 2 unspecified atom stereocenters. The summed E-state index contributed by atoms with van der Waals surface area (Å²) in [5.74, 6) is 1.01. The number of benzene rings is 1. The van der Waals surface area contributed by atoms with E-state index < -0.39 is 0 Å². The zero-order valence-corrected chi connectivity index (χ0v) is 14.7. The molecule has 1 aromatic rings. The molecule has 3 nitrogen and oxygen atoms in total. The smallest absolute Gasteiger partial charge is 0.142 e. The van der Waals surface area contributed by atoms with Gasteiger partial charge in [-0.3, -0.25) is 0 Å². The Balaban J connectivity index is 1.98. The number of nitrogens with zero attached hydrogens (tertiary/aromatic N) is 1. The fourth-order valence-corrected chi connectivity index (χ4v) is 3.14. The first-order valence-electron chi connectivity index (χ1n) is 8.95. The Kier molecular flexibility index (Phi) is 6.56. The molecule has 0 aromatic heterocycles. The minimum Gasteiger partial charge on any atom is -0.486 e. The normalized spacial score (nSPS) is 18.5. The van der Waals surface area contributed by atoms with Gasteiger partial charge < -0.3 is 15.0 Å². The van der Waals surface area contributed by atoms with Crippen LogP contribution in [0.3, 0.4) is 0 Å². The number of anilines is 1. The topological polar surface area (TPSA) is 24.5 Å². The highest BCUT2D eigenvalue weighted by molar-refractivity contribution is 5.59. The molecule has 0 amide bonds. The van der Waals surface area contributed by atoms with Crippen molar-refractivity contribution in [2.45, 2.75) is 65.5 Å². The molecule has 1 aromatic carbocycles. The zero-order valence-electron chi connectivity index (χ0n) is 14.7. The molecule has 22 heavy (non-hydrogen) atoms. The van der Waals surface area contributed by atoms with Crippen molar-refractivity contribution in [2.24, 2.45) is 0 Å². The van der Waals surface area contributed by atoms with Crippen molar-refractivity contribution in [1.29, 1.82) is 0 Å². The van der Waals surface area contributed by atoms with Crippen molar-refractivity contribution in [2.75, 3.05) is 25.0 Å². The monoisotopic (exact) mass is 304 g/mol. The van der Waals surface area contributed by atoms with Gasteiger partial charge in [0.05, 0.1) is 12.2 Å². The SMILES string of the molecule is CCCCN(CC)C(C)Cc1ccc2c(c1)NCC(CC)O2. The van der Waals surface area contributed by atoms with Gasteiger partial charge in [-0.15, -0.1) is 0 Å². The number of ether oxygens (including phenoxy) is 1. The second-order valence-electron chi connectivity index (χ2n) is 6.39. The third-order valence-corrected chi connectivity index (χ3v) is 4.67. The predicted octanol–water partition coefficient (Wildman–Crippen LogP) is 4.32. The summed E-state index contributed by atoms with van der Waals surface area (Å²) in [6.45, 7) is 12.3. The number of fused-ring (bicyclic) bond motifs is 1. The van der Waals surface area contributed by atoms with E-state index in [-0.39, 0.29) is 0 Å². The van der Waals surface area contributed by atoms with E-state index in [2.05, 4.69) is 56.1 Å². The minimum atomic E-state index is 0.307. The lowest BCUT2D eigenvalue weighted by Gasteiger charge is -2.29. The van der Waals surface area contributed by atoms with Gasteiger partial charge in [-0.1, -0.05) is 33.3 Å². The third kappa shape index (κ3) is 4.39. The Morgan fingerprint density at radius 2 is 2.14 bits per heavy atom. The van der Waals surface area contributed by atoms with Crippen LogP contribution >= 0.6 is 0 Å². The number of unbranched alkanes of at least 4 members (excludes halogenated alkanes) is 1. The molecule has 3 heteroatoms. The Labute approximate surface area is 136 Å². The largest absolute Gasteiger partial charge is 0.486 e. The molecule has 1 N–H and O–H groups in total.